The average molecular weight is 315 g/mol. The summed E-state index contributed by atoms with van der Waals surface area (Å²) in [6.45, 7) is 0. The largest absolute Gasteiger partial charge is 0.380 e. The molecule has 0 bridgehead atoms. The van der Waals surface area contributed by atoms with E-state index >= 15 is 0 Å². The van der Waals surface area contributed by atoms with Gasteiger partial charge in [0.15, 0.2) is 11.6 Å². The second-order valence-electron chi connectivity index (χ2n) is 4.15. The molecule has 1 heterocycles. The van der Waals surface area contributed by atoms with Gasteiger partial charge in [0.1, 0.15) is 0 Å². The van der Waals surface area contributed by atoms with E-state index in [2.05, 4.69) is 21.1 Å². The molecule has 3 aromatic rings. The quantitative estimate of drug-likeness (QED) is 0.765. The molecule has 4 heteroatoms. The molecule has 0 aliphatic heterocycles. The standard InChI is InChI=1S/C15H11BrN2O/c16-12-8-4-7-11(9-12)13-14(19-18-15(13)17)10-5-2-1-3-6-10/h1-9H,(H2,17,18). The fourth-order valence-electron chi connectivity index (χ4n) is 2.01. The van der Waals surface area contributed by atoms with E-state index < -0.39 is 0 Å². The van der Waals surface area contributed by atoms with Crippen molar-refractivity contribution in [1.82, 2.24) is 5.16 Å². The maximum atomic E-state index is 5.94. The molecule has 0 saturated heterocycles. The summed E-state index contributed by atoms with van der Waals surface area (Å²) in [7, 11) is 0. The summed E-state index contributed by atoms with van der Waals surface area (Å²) in [5.74, 6) is 1.09. The Labute approximate surface area is 119 Å². The summed E-state index contributed by atoms with van der Waals surface area (Å²) >= 11 is 3.46. The Morgan fingerprint density at radius 1 is 0.947 bits per heavy atom. The third-order valence-corrected chi connectivity index (χ3v) is 3.36. The van der Waals surface area contributed by atoms with Gasteiger partial charge in [-0.15, -0.1) is 0 Å². The molecule has 0 atom stereocenters. The SMILES string of the molecule is Nc1noc(-c2ccccc2)c1-c1cccc(Br)c1. The summed E-state index contributed by atoms with van der Waals surface area (Å²) < 4.78 is 6.38. The van der Waals surface area contributed by atoms with E-state index in [1.54, 1.807) is 0 Å². The number of aromatic nitrogens is 1. The van der Waals surface area contributed by atoms with Crippen LogP contribution < -0.4 is 5.73 Å². The third-order valence-electron chi connectivity index (χ3n) is 2.87. The highest BCUT2D eigenvalue weighted by molar-refractivity contribution is 9.10. The van der Waals surface area contributed by atoms with Crippen molar-refractivity contribution in [3.63, 3.8) is 0 Å². The molecule has 0 amide bonds. The van der Waals surface area contributed by atoms with Gasteiger partial charge in [0.25, 0.3) is 0 Å². The highest BCUT2D eigenvalue weighted by atomic mass is 79.9. The molecule has 19 heavy (non-hydrogen) atoms. The summed E-state index contributed by atoms with van der Waals surface area (Å²) in [6.07, 6.45) is 0. The molecular weight excluding hydrogens is 304 g/mol. The second-order valence-corrected chi connectivity index (χ2v) is 5.06. The van der Waals surface area contributed by atoms with E-state index in [0.717, 1.165) is 21.2 Å². The van der Waals surface area contributed by atoms with Gasteiger partial charge in [-0.1, -0.05) is 63.6 Å². The van der Waals surface area contributed by atoms with Crippen LogP contribution in [-0.4, -0.2) is 5.16 Å². The van der Waals surface area contributed by atoms with Gasteiger partial charge in [0, 0.05) is 10.0 Å². The zero-order valence-electron chi connectivity index (χ0n) is 10.0. The predicted molar refractivity (Wildman–Crippen MR) is 79.5 cm³/mol. The number of benzene rings is 2. The van der Waals surface area contributed by atoms with Gasteiger partial charge >= 0.3 is 0 Å². The molecule has 3 rings (SSSR count). The summed E-state index contributed by atoms with van der Waals surface area (Å²) in [5.41, 5.74) is 8.71. The van der Waals surface area contributed by atoms with Crippen LogP contribution in [0.4, 0.5) is 5.82 Å². The highest BCUT2D eigenvalue weighted by Gasteiger charge is 2.17. The number of anilines is 1. The smallest absolute Gasteiger partial charge is 0.176 e. The molecule has 0 fully saturated rings. The lowest BCUT2D eigenvalue weighted by Gasteiger charge is -2.03. The number of nitrogens with zero attached hydrogens (tertiary/aromatic N) is 1. The number of rotatable bonds is 2. The maximum absolute atomic E-state index is 5.94. The molecule has 0 radical (unpaired) electrons. The molecule has 2 N–H and O–H groups in total. The van der Waals surface area contributed by atoms with Crippen molar-refractivity contribution in [2.24, 2.45) is 0 Å². The van der Waals surface area contributed by atoms with Crippen molar-refractivity contribution in [3.8, 4) is 22.5 Å². The Hall–Kier alpha value is -2.07. The van der Waals surface area contributed by atoms with Crippen LogP contribution in [-0.2, 0) is 0 Å². The van der Waals surface area contributed by atoms with Crippen LogP contribution in [0.15, 0.2) is 63.6 Å². The predicted octanol–water partition coefficient (Wildman–Crippen LogP) is 4.35. The molecule has 3 nitrogen and oxygen atoms in total. The van der Waals surface area contributed by atoms with Crippen molar-refractivity contribution >= 4 is 21.7 Å². The van der Waals surface area contributed by atoms with E-state index in [4.69, 9.17) is 10.3 Å². The van der Waals surface area contributed by atoms with Crippen LogP contribution in [0.3, 0.4) is 0 Å². The first-order valence-electron chi connectivity index (χ1n) is 5.82. The third kappa shape index (κ3) is 2.27. The highest BCUT2D eigenvalue weighted by Crippen LogP contribution is 2.37. The molecule has 0 aliphatic carbocycles. The van der Waals surface area contributed by atoms with E-state index in [1.165, 1.54) is 0 Å². The van der Waals surface area contributed by atoms with Crippen molar-refractivity contribution in [2.45, 2.75) is 0 Å². The number of nitrogen functional groups attached to an aromatic ring is 1. The lowest BCUT2D eigenvalue weighted by atomic mass is 10.0. The molecule has 0 saturated carbocycles. The van der Waals surface area contributed by atoms with E-state index in [0.29, 0.717) is 11.6 Å². The van der Waals surface area contributed by atoms with Gasteiger partial charge < -0.3 is 10.3 Å². The molecule has 2 aromatic carbocycles. The van der Waals surface area contributed by atoms with Crippen molar-refractivity contribution in [2.75, 3.05) is 5.73 Å². The summed E-state index contributed by atoms with van der Waals surface area (Å²) in [6, 6.07) is 17.7. The molecule has 0 unspecified atom stereocenters. The first-order valence-corrected chi connectivity index (χ1v) is 6.61. The fourth-order valence-corrected chi connectivity index (χ4v) is 2.41. The van der Waals surface area contributed by atoms with Gasteiger partial charge in [-0.2, -0.15) is 0 Å². The molecular formula is C15H11BrN2O. The van der Waals surface area contributed by atoms with Gasteiger partial charge in [-0.3, -0.25) is 0 Å². The van der Waals surface area contributed by atoms with Crippen LogP contribution in [0.1, 0.15) is 0 Å². The maximum Gasteiger partial charge on any atom is 0.176 e. The number of nitrogens with two attached hydrogens (primary N) is 1. The molecule has 94 valence electrons. The fraction of sp³-hybridized carbons (Fsp3) is 0. The topological polar surface area (TPSA) is 52.0 Å². The minimum Gasteiger partial charge on any atom is -0.380 e. The van der Waals surface area contributed by atoms with Crippen LogP contribution >= 0.6 is 15.9 Å². The number of hydrogen-bond donors (Lipinski definition) is 1. The molecule has 0 aliphatic rings. The summed E-state index contributed by atoms with van der Waals surface area (Å²) in [4.78, 5) is 0. The zero-order valence-corrected chi connectivity index (χ0v) is 11.6. The molecule has 1 aromatic heterocycles. The van der Waals surface area contributed by atoms with Gasteiger partial charge in [-0.05, 0) is 17.7 Å². The Balaban J connectivity index is 2.20. The Bertz CT molecular complexity index is 707. The first kappa shape index (κ1) is 12.0. The Kier molecular flexibility index (Phi) is 3.09. The van der Waals surface area contributed by atoms with Gasteiger partial charge in [0.05, 0.1) is 5.56 Å². The van der Waals surface area contributed by atoms with Crippen molar-refractivity contribution in [3.05, 3.63) is 59.1 Å². The van der Waals surface area contributed by atoms with Crippen molar-refractivity contribution in [1.29, 1.82) is 0 Å². The minimum atomic E-state index is 0.400. The normalized spacial score (nSPS) is 10.6. The van der Waals surface area contributed by atoms with Gasteiger partial charge in [-0.25, -0.2) is 0 Å². The van der Waals surface area contributed by atoms with E-state index in [-0.39, 0.29) is 0 Å². The van der Waals surface area contributed by atoms with Crippen molar-refractivity contribution < 1.29 is 4.52 Å². The van der Waals surface area contributed by atoms with Crippen LogP contribution in [0.5, 0.6) is 0 Å². The Morgan fingerprint density at radius 3 is 2.42 bits per heavy atom. The van der Waals surface area contributed by atoms with Gasteiger partial charge in [0.2, 0.25) is 0 Å². The monoisotopic (exact) mass is 314 g/mol. The first-order chi connectivity index (χ1) is 9.25. The van der Waals surface area contributed by atoms with Crippen LogP contribution in [0.2, 0.25) is 0 Å². The summed E-state index contributed by atoms with van der Waals surface area (Å²) in [5, 5.41) is 3.89. The zero-order chi connectivity index (χ0) is 13.2. The van der Waals surface area contributed by atoms with E-state index in [1.807, 2.05) is 54.6 Å². The van der Waals surface area contributed by atoms with Crippen LogP contribution in [0, 0.1) is 0 Å². The van der Waals surface area contributed by atoms with Crippen LogP contribution in [0.25, 0.3) is 22.5 Å². The van der Waals surface area contributed by atoms with E-state index in [9.17, 15) is 0 Å². The lowest BCUT2D eigenvalue weighted by molar-refractivity contribution is 0.436. The number of halogens is 1. The minimum absolute atomic E-state index is 0.400. The lowest BCUT2D eigenvalue weighted by Crippen LogP contribution is -1.88. The second kappa shape index (κ2) is 4.90. The number of hydrogen-bond acceptors (Lipinski definition) is 3. The molecule has 0 spiro atoms. The Morgan fingerprint density at radius 2 is 1.68 bits per heavy atom. The average Bonchev–Trinajstić information content (AvgIpc) is 2.82.